The third kappa shape index (κ3) is 4.20. The first-order chi connectivity index (χ1) is 20.8. The summed E-state index contributed by atoms with van der Waals surface area (Å²) < 4.78 is 0. The van der Waals surface area contributed by atoms with Crippen molar-refractivity contribution in [3.05, 3.63) is 144 Å². The molecule has 0 saturated carbocycles. The Morgan fingerprint density at radius 1 is 0.595 bits per heavy atom. The highest BCUT2D eigenvalue weighted by molar-refractivity contribution is 6.21. The van der Waals surface area contributed by atoms with Crippen molar-refractivity contribution >= 4 is 27.1 Å². The van der Waals surface area contributed by atoms with Gasteiger partial charge in [-0.15, -0.1) is 0 Å². The minimum Gasteiger partial charge on any atom is -0.373 e. The molecule has 0 aliphatic carbocycles. The van der Waals surface area contributed by atoms with E-state index in [1.54, 1.807) is 6.20 Å². The predicted octanol–water partition coefficient (Wildman–Crippen LogP) is 8.65. The maximum absolute atomic E-state index is 9.73. The zero-order valence-electron chi connectivity index (χ0n) is 22.7. The van der Waals surface area contributed by atoms with Crippen LogP contribution in [0.2, 0.25) is 0 Å². The van der Waals surface area contributed by atoms with Gasteiger partial charge in [-0.2, -0.15) is 10.5 Å². The minimum atomic E-state index is 0.414. The summed E-state index contributed by atoms with van der Waals surface area (Å²) in [5.41, 5.74) is 9.17. The smallest absolute Gasteiger partial charge is 0.148 e. The van der Waals surface area contributed by atoms with Crippen molar-refractivity contribution < 1.29 is 0 Å². The highest BCUT2D eigenvalue weighted by Crippen LogP contribution is 2.44. The van der Waals surface area contributed by atoms with E-state index < -0.39 is 0 Å². The molecular weight excluding hydrogens is 512 g/mol. The molecule has 0 unspecified atom stereocenters. The van der Waals surface area contributed by atoms with Crippen molar-refractivity contribution in [1.82, 2.24) is 10.3 Å². The van der Waals surface area contributed by atoms with E-state index in [9.17, 15) is 10.5 Å². The fourth-order valence-electron chi connectivity index (χ4n) is 6.02. The largest absolute Gasteiger partial charge is 0.373 e. The van der Waals surface area contributed by atoms with Crippen LogP contribution in [-0.2, 0) is 0 Å². The molecule has 4 nitrogen and oxygen atoms in total. The number of hydrogen-bond acceptors (Lipinski definition) is 4. The molecular formula is C38H24N4. The SMILES string of the molecule is N#CC1=C(c2cccc(-c3c4ccccc4c(-c4cccc(-c5cccnc5C#N)c4)c4ccccc34)c2)C=CCN1. The lowest BCUT2D eigenvalue weighted by Gasteiger charge is -2.19. The van der Waals surface area contributed by atoms with Crippen LogP contribution in [0.1, 0.15) is 11.3 Å². The van der Waals surface area contributed by atoms with Gasteiger partial charge in [0.2, 0.25) is 0 Å². The Balaban J connectivity index is 1.49. The first-order valence-corrected chi connectivity index (χ1v) is 13.8. The molecule has 1 aliphatic rings. The standard InChI is InChI=1S/C38H24N4/c39-23-35-29(17-7-19-41-35)25-9-5-11-27(21-25)37-31-13-1-2-14-32(31)38(34-16-4-3-15-33(34)37)28-12-6-10-26(22-28)30-18-8-20-42-36(30)24-40/h1-19,21-22,42H,20H2. The van der Waals surface area contributed by atoms with Gasteiger partial charge in [0.05, 0.1) is 0 Å². The zero-order valence-corrected chi connectivity index (χ0v) is 22.7. The summed E-state index contributed by atoms with van der Waals surface area (Å²) >= 11 is 0. The highest BCUT2D eigenvalue weighted by Gasteiger charge is 2.18. The number of allylic oxidation sites excluding steroid dienone is 3. The van der Waals surface area contributed by atoms with Gasteiger partial charge in [-0.25, -0.2) is 4.98 Å². The lowest BCUT2D eigenvalue weighted by molar-refractivity contribution is 0.931. The Morgan fingerprint density at radius 2 is 1.17 bits per heavy atom. The molecule has 0 saturated heterocycles. The van der Waals surface area contributed by atoms with Gasteiger partial charge in [-0.3, -0.25) is 0 Å². The lowest BCUT2D eigenvalue weighted by atomic mass is 9.85. The van der Waals surface area contributed by atoms with Crippen LogP contribution in [-0.4, -0.2) is 11.5 Å². The molecule has 1 N–H and O–H groups in total. The molecule has 0 spiro atoms. The van der Waals surface area contributed by atoms with Gasteiger partial charge in [0, 0.05) is 23.9 Å². The van der Waals surface area contributed by atoms with E-state index in [4.69, 9.17) is 0 Å². The second-order valence-corrected chi connectivity index (χ2v) is 10.2. The molecule has 6 aromatic rings. The van der Waals surface area contributed by atoms with Gasteiger partial charge in [0.15, 0.2) is 0 Å². The molecule has 0 atom stereocenters. The summed E-state index contributed by atoms with van der Waals surface area (Å²) in [5.74, 6) is 0. The number of pyridine rings is 1. The van der Waals surface area contributed by atoms with Crippen molar-refractivity contribution in [3.8, 4) is 45.5 Å². The number of dihydropyridines is 1. The van der Waals surface area contributed by atoms with Gasteiger partial charge in [0.25, 0.3) is 0 Å². The Morgan fingerprint density at radius 3 is 1.76 bits per heavy atom. The Bertz CT molecular complexity index is 2120. The molecule has 196 valence electrons. The van der Waals surface area contributed by atoms with Crippen molar-refractivity contribution in [1.29, 1.82) is 10.5 Å². The van der Waals surface area contributed by atoms with Crippen LogP contribution in [0.25, 0.3) is 60.5 Å². The maximum Gasteiger partial charge on any atom is 0.148 e. The molecule has 0 fully saturated rings. The quantitative estimate of drug-likeness (QED) is 0.229. The average Bonchev–Trinajstić information content (AvgIpc) is 3.07. The number of fused-ring (bicyclic) bond motifs is 2. The summed E-state index contributed by atoms with van der Waals surface area (Å²) in [6.07, 6.45) is 5.72. The number of nitriles is 2. The van der Waals surface area contributed by atoms with Crippen LogP contribution in [0.5, 0.6) is 0 Å². The number of hydrogen-bond donors (Lipinski definition) is 1. The monoisotopic (exact) mass is 536 g/mol. The normalized spacial score (nSPS) is 12.6. The summed E-state index contributed by atoms with van der Waals surface area (Å²) in [4.78, 5) is 4.28. The molecule has 0 bridgehead atoms. The molecule has 0 radical (unpaired) electrons. The van der Waals surface area contributed by atoms with E-state index in [1.807, 2.05) is 36.4 Å². The molecule has 7 rings (SSSR count). The van der Waals surface area contributed by atoms with Crippen LogP contribution < -0.4 is 5.32 Å². The van der Waals surface area contributed by atoms with E-state index >= 15 is 0 Å². The Kier molecular flexibility index (Phi) is 6.28. The van der Waals surface area contributed by atoms with Gasteiger partial charge in [-0.1, -0.05) is 97.1 Å². The first kappa shape index (κ1) is 25.0. The number of rotatable bonds is 4. The van der Waals surface area contributed by atoms with E-state index in [0.29, 0.717) is 17.9 Å². The Labute approximate surface area is 244 Å². The molecule has 0 amide bonds. The molecule has 5 aromatic carbocycles. The van der Waals surface area contributed by atoms with Crippen LogP contribution in [0.4, 0.5) is 0 Å². The maximum atomic E-state index is 9.73. The minimum absolute atomic E-state index is 0.414. The summed E-state index contributed by atoms with van der Waals surface area (Å²) in [6.45, 7) is 0.655. The lowest BCUT2D eigenvalue weighted by Crippen LogP contribution is -2.16. The molecule has 2 heterocycles. The van der Waals surface area contributed by atoms with E-state index in [2.05, 4.69) is 107 Å². The topological polar surface area (TPSA) is 72.5 Å². The third-order valence-electron chi connectivity index (χ3n) is 7.83. The summed E-state index contributed by atoms with van der Waals surface area (Å²) in [5, 5.41) is 27.2. The van der Waals surface area contributed by atoms with Crippen molar-refractivity contribution in [2.45, 2.75) is 0 Å². The highest BCUT2D eigenvalue weighted by atomic mass is 14.9. The Hall–Kier alpha value is -5.97. The first-order valence-electron chi connectivity index (χ1n) is 13.8. The summed E-state index contributed by atoms with van der Waals surface area (Å²) in [6, 6.07) is 42.3. The van der Waals surface area contributed by atoms with Gasteiger partial charge in [-0.05, 0) is 79.2 Å². The number of benzene rings is 5. The second kappa shape index (κ2) is 10.5. The van der Waals surface area contributed by atoms with Gasteiger partial charge >= 0.3 is 0 Å². The molecule has 42 heavy (non-hydrogen) atoms. The van der Waals surface area contributed by atoms with Crippen LogP contribution >= 0.6 is 0 Å². The molecule has 1 aliphatic heterocycles. The number of aromatic nitrogens is 1. The number of nitrogens with one attached hydrogen (secondary N) is 1. The zero-order chi connectivity index (χ0) is 28.5. The number of nitrogens with zero attached hydrogens (tertiary/aromatic N) is 3. The fourth-order valence-corrected chi connectivity index (χ4v) is 6.02. The third-order valence-corrected chi connectivity index (χ3v) is 7.83. The van der Waals surface area contributed by atoms with Crippen LogP contribution in [0.3, 0.4) is 0 Å². The molecule has 4 heteroatoms. The van der Waals surface area contributed by atoms with Gasteiger partial charge < -0.3 is 5.32 Å². The predicted molar refractivity (Wildman–Crippen MR) is 170 cm³/mol. The summed E-state index contributed by atoms with van der Waals surface area (Å²) in [7, 11) is 0. The van der Waals surface area contributed by atoms with Gasteiger partial charge in [0.1, 0.15) is 23.5 Å². The van der Waals surface area contributed by atoms with E-state index in [-0.39, 0.29) is 0 Å². The van der Waals surface area contributed by atoms with Crippen LogP contribution in [0.15, 0.2) is 133 Å². The van der Waals surface area contributed by atoms with Crippen molar-refractivity contribution in [3.63, 3.8) is 0 Å². The van der Waals surface area contributed by atoms with Crippen LogP contribution in [0, 0.1) is 22.7 Å². The van der Waals surface area contributed by atoms with Crippen molar-refractivity contribution in [2.75, 3.05) is 6.54 Å². The van der Waals surface area contributed by atoms with Crippen molar-refractivity contribution in [2.24, 2.45) is 0 Å². The average molecular weight is 537 g/mol. The van der Waals surface area contributed by atoms with E-state index in [1.165, 1.54) is 0 Å². The van der Waals surface area contributed by atoms with E-state index in [0.717, 1.165) is 66.1 Å². The second-order valence-electron chi connectivity index (χ2n) is 10.2. The fraction of sp³-hybridized carbons (Fsp3) is 0.0263. The molecule has 1 aromatic heterocycles.